The lowest BCUT2D eigenvalue weighted by Crippen LogP contribution is -2.46. The van der Waals surface area contributed by atoms with Crippen LogP contribution < -0.4 is 5.32 Å². The monoisotopic (exact) mass is 256 g/mol. The summed E-state index contributed by atoms with van der Waals surface area (Å²) >= 11 is 2.15. The van der Waals surface area contributed by atoms with Gasteiger partial charge in [0.05, 0.1) is 0 Å². The molecule has 2 fully saturated rings. The van der Waals surface area contributed by atoms with Crippen molar-refractivity contribution in [3.63, 3.8) is 0 Å². The SMILES string of the molecule is CC1(CN2CCSC(C)(C)CC2)CCCNC1. The maximum atomic E-state index is 3.56. The van der Waals surface area contributed by atoms with Gasteiger partial charge in [-0.05, 0) is 37.8 Å². The van der Waals surface area contributed by atoms with E-state index >= 15 is 0 Å². The van der Waals surface area contributed by atoms with Crippen molar-refractivity contribution in [2.75, 3.05) is 38.5 Å². The molecule has 1 unspecified atom stereocenters. The Morgan fingerprint density at radius 2 is 2.00 bits per heavy atom. The van der Waals surface area contributed by atoms with Crippen molar-refractivity contribution in [3.05, 3.63) is 0 Å². The van der Waals surface area contributed by atoms with Gasteiger partial charge in [0.1, 0.15) is 0 Å². The first-order valence-electron chi connectivity index (χ1n) is 7.06. The van der Waals surface area contributed by atoms with Gasteiger partial charge in [0.25, 0.3) is 0 Å². The summed E-state index contributed by atoms with van der Waals surface area (Å²) in [6.45, 7) is 13.5. The zero-order chi connectivity index (χ0) is 12.4. The lowest BCUT2D eigenvalue weighted by Gasteiger charge is -2.38. The van der Waals surface area contributed by atoms with E-state index in [1.807, 2.05) is 0 Å². The third-order valence-electron chi connectivity index (χ3n) is 4.22. The molecule has 0 bridgehead atoms. The zero-order valence-corrected chi connectivity index (χ0v) is 12.5. The van der Waals surface area contributed by atoms with Gasteiger partial charge in [0.2, 0.25) is 0 Å². The molecule has 0 spiro atoms. The van der Waals surface area contributed by atoms with Gasteiger partial charge in [-0.3, -0.25) is 0 Å². The van der Waals surface area contributed by atoms with E-state index in [1.54, 1.807) is 0 Å². The molecule has 0 aromatic rings. The molecule has 0 aromatic carbocycles. The Hall–Kier alpha value is 0.270. The Bertz CT molecular complexity index is 247. The molecule has 2 aliphatic heterocycles. The van der Waals surface area contributed by atoms with Crippen molar-refractivity contribution >= 4 is 11.8 Å². The number of hydrogen-bond donors (Lipinski definition) is 1. The number of nitrogens with zero attached hydrogens (tertiary/aromatic N) is 1. The number of thioether (sulfide) groups is 1. The molecule has 100 valence electrons. The van der Waals surface area contributed by atoms with E-state index in [0.29, 0.717) is 10.2 Å². The number of rotatable bonds is 2. The van der Waals surface area contributed by atoms with Crippen LogP contribution in [-0.2, 0) is 0 Å². The van der Waals surface area contributed by atoms with Crippen LogP contribution >= 0.6 is 11.8 Å². The molecule has 1 atom stereocenters. The summed E-state index contributed by atoms with van der Waals surface area (Å²) in [4.78, 5) is 2.70. The predicted octanol–water partition coefficient (Wildman–Crippen LogP) is 2.59. The smallest absolute Gasteiger partial charge is 0.0116 e. The highest BCUT2D eigenvalue weighted by molar-refractivity contribution is 8.00. The molecule has 2 aliphatic rings. The van der Waals surface area contributed by atoms with Crippen molar-refractivity contribution in [2.24, 2.45) is 5.41 Å². The van der Waals surface area contributed by atoms with Crippen LogP contribution in [0.15, 0.2) is 0 Å². The number of nitrogens with one attached hydrogen (secondary N) is 1. The molecule has 2 rings (SSSR count). The van der Waals surface area contributed by atoms with Gasteiger partial charge in [0, 0.05) is 30.1 Å². The summed E-state index contributed by atoms with van der Waals surface area (Å²) in [5, 5.41) is 3.56. The lowest BCUT2D eigenvalue weighted by molar-refractivity contribution is 0.137. The Balaban J connectivity index is 1.86. The van der Waals surface area contributed by atoms with E-state index in [-0.39, 0.29) is 0 Å². The van der Waals surface area contributed by atoms with E-state index in [4.69, 9.17) is 0 Å². The quantitative estimate of drug-likeness (QED) is 0.817. The second kappa shape index (κ2) is 5.50. The molecular formula is C14H28N2S. The highest BCUT2D eigenvalue weighted by atomic mass is 32.2. The van der Waals surface area contributed by atoms with Gasteiger partial charge in [-0.25, -0.2) is 0 Å². The minimum absolute atomic E-state index is 0.487. The highest BCUT2D eigenvalue weighted by Crippen LogP contribution is 2.33. The molecule has 0 radical (unpaired) electrons. The van der Waals surface area contributed by atoms with Crippen LogP contribution in [0, 0.1) is 5.41 Å². The Morgan fingerprint density at radius 1 is 1.18 bits per heavy atom. The summed E-state index contributed by atoms with van der Waals surface area (Å²) in [5.41, 5.74) is 0.511. The van der Waals surface area contributed by atoms with Crippen molar-refractivity contribution in [1.29, 1.82) is 0 Å². The maximum Gasteiger partial charge on any atom is 0.0116 e. The molecule has 0 amide bonds. The first-order valence-corrected chi connectivity index (χ1v) is 8.05. The van der Waals surface area contributed by atoms with Gasteiger partial charge < -0.3 is 10.2 Å². The molecule has 1 N–H and O–H groups in total. The van der Waals surface area contributed by atoms with Gasteiger partial charge >= 0.3 is 0 Å². The molecule has 0 saturated carbocycles. The molecule has 17 heavy (non-hydrogen) atoms. The van der Waals surface area contributed by atoms with Crippen LogP contribution in [0.5, 0.6) is 0 Å². The van der Waals surface area contributed by atoms with E-state index in [9.17, 15) is 0 Å². The molecule has 2 nitrogen and oxygen atoms in total. The van der Waals surface area contributed by atoms with E-state index in [1.165, 1.54) is 57.7 Å². The largest absolute Gasteiger partial charge is 0.316 e. The van der Waals surface area contributed by atoms with E-state index < -0.39 is 0 Å². The summed E-state index contributed by atoms with van der Waals surface area (Å²) in [6.07, 6.45) is 4.08. The Labute approximate surface area is 111 Å². The third-order valence-corrected chi connectivity index (χ3v) is 5.59. The van der Waals surface area contributed by atoms with Crippen molar-refractivity contribution in [1.82, 2.24) is 10.2 Å². The number of piperidine rings is 1. The summed E-state index contributed by atoms with van der Waals surface area (Å²) in [5.74, 6) is 1.30. The fraction of sp³-hybridized carbons (Fsp3) is 1.00. The Kier molecular flexibility index (Phi) is 4.43. The molecule has 0 aliphatic carbocycles. The van der Waals surface area contributed by atoms with Crippen LogP contribution in [0.25, 0.3) is 0 Å². The lowest BCUT2D eigenvalue weighted by atomic mass is 9.82. The van der Waals surface area contributed by atoms with E-state index in [0.717, 1.165) is 0 Å². The van der Waals surface area contributed by atoms with Gasteiger partial charge in [-0.2, -0.15) is 11.8 Å². The van der Waals surface area contributed by atoms with Crippen LogP contribution in [0.2, 0.25) is 0 Å². The topological polar surface area (TPSA) is 15.3 Å². The maximum absolute atomic E-state index is 3.56. The second-order valence-corrected chi connectivity index (χ2v) is 8.53. The standard InChI is InChI=1S/C14H28N2S/c1-13(2)6-8-16(9-10-17-13)12-14(3)5-4-7-15-11-14/h15H,4-12H2,1-3H3. The van der Waals surface area contributed by atoms with Crippen LogP contribution in [0.1, 0.15) is 40.0 Å². The molecule has 2 heterocycles. The van der Waals surface area contributed by atoms with Crippen LogP contribution in [0.4, 0.5) is 0 Å². The van der Waals surface area contributed by atoms with Gasteiger partial charge in [-0.15, -0.1) is 0 Å². The van der Waals surface area contributed by atoms with Gasteiger partial charge in [0.15, 0.2) is 0 Å². The fourth-order valence-electron chi connectivity index (χ4n) is 3.01. The molecular weight excluding hydrogens is 228 g/mol. The normalized spacial score (nSPS) is 35.5. The summed E-state index contributed by atoms with van der Waals surface area (Å²) in [6, 6.07) is 0. The van der Waals surface area contributed by atoms with Crippen molar-refractivity contribution in [3.8, 4) is 0 Å². The summed E-state index contributed by atoms with van der Waals surface area (Å²) < 4.78 is 0.487. The predicted molar refractivity (Wildman–Crippen MR) is 77.8 cm³/mol. The summed E-state index contributed by atoms with van der Waals surface area (Å²) in [7, 11) is 0. The highest BCUT2D eigenvalue weighted by Gasteiger charge is 2.31. The van der Waals surface area contributed by atoms with Gasteiger partial charge in [-0.1, -0.05) is 20.8 Å². The zero-order valence-electron chi connectivity index (χ0n) is 11.7. The minimum Gasteiger partial charge on any atom is -0.316 e. The molecule has 3 heteroatoms. The third kappa shape index (κ3) is 4.15. The first-order chi connectivity index (χ1) is 7.99. The average molecular weight is 256 g/mol. The fourth-order valence-corrected chi connectivity index (χ4v) is 4.15. The average Bonchev–Trinajstić information content (AvgIpc) is 2.41. The Morgan fingerprint density at radius 3 is 2.71 bits per heavy atom. The molecule has 2 saturated heterocycles. The first kappa shape index (κ1) is 13.7. The number of hydrogen-bond acceptors (Lipinski definition) is 3. The van der Waals surface area contributed by atoms with Crippen molar-refractivity contribution < 1.29 is 0 Å². The van der Waals surface area contributed by atoms with E-state index in [2.05, 4.69) is 42.7 Å². The van der Waals surface area contributed by atoms with Crippen LogP contribution in [-0.4, -0.2) is 48.1 Å². The second-order valence-electron chi connectivity index (χ2n) is 6.73. The minimum atomic E-state index is 0.487. The molecule has 0 aromatic heterocycles. The van der Waals surface area contributed by atoms with Crippen molar-refractivity contribution in [2.45, 2.75) is 44.8 Å². The van der Waals surface area contributed by atoms with Crippen LogP contribution in [0.3, 0.4) is 0 Å².